The van der Waals surface area contributed by atoms with Crippen molar-refractivity contribution in [2.45, 2.75) is 18.9 Å². The molecular weight excluding hydrogens is 224 g/mol. The lowest BCUT2D eigenvalue weighted by molar-refractivity contribution is 0.0449. The van der Waals surface area contributed by atoms with Gasteiger partial charge in [-0.05, 0) is 29.9 Å². The molecule has 0 aliphatic carbocycles. The smallest absolute Gasteiger partial charge is 0.0512 e. The largest absolute Gasteiger partial charge is 0.381 e. The molecule has 0 radical (unpaired) electrons. The fourth-order valence-electron chi connectivity index (χ4n) is 2.73. The maximum absolute atomic E-state index is 6.43. The molecule has 1 aromatic heterocycles. The van der Waals surface area contributed by atoms with Gasteiger partial charge >= 0.3 is 0 Å². The van der Waals surface area contributed by atoms with Crippen molar-refractivity contribution in [2.24, 2.45) is 11.7 Å². The first-order chi connectivity index (χ1) is 8.86. The van der Waals surface area contributed by atoms with Gasteiger partial charge in [0, 0.05) is 36.3 Å². The molecule has 3 nitrogen and oxygen atoms in total. The van der Waals surface area contributed by atoms with Crippen LogP contribution < -0.4 is 5.73 Å². The van der Waals surface area contributed by atoms with E-state index in [4.69, 9.17) is 10.5 Å². The molecule has 2 atom stereocenters. The van der Waals surface area contributed by atoms with Crippen LogP contribution in [-0.4, -0.2) is 18.2 Å². The van der Waals surface area contributed by atoms with Gasteiger partial charge < -0.3 is 10.5 Å². The number of benzene rings is 1. The van der Waals surface area contributed by atoms with E-state index in [0.717, 1.165) is 31.4 Å². The van der Waals surface area contributed by atoms with Gasteiger partial charge in [-0.3, -0.25) is 4.98 Å². The highest BCUT2D eigenvalue weighted by atomic mass is 16.5. The summed E-state index contributed by atoms with van der Waals surface area (Å²) in [5.74, 6) is 0.421. The minimum Gasteiger partial charge on any atom is -0.381 e. The molecule has 1 saturated heterocycles. The lowest BCUT2D eigenvalue weighted by Crippen LogP contribution is -2.29. The van der Waals surface area contributed by atoms with Crippen LogP contribution in [0, 0.1) is 5.92 Å². The number of hydrogen-bond donors (Lipinski definition) is 1. The predicted molar refractivity (Wildman–Crippen MR) is 72.2 cm³/mol. The summed E-state index contributed by atoms with van der Waals surface area (Å²) in [6.07, 6.45) is 5.99. The molecule has 0 amide bonds. The third-order valence-corrected chi connectivity index (χ3v) is 3.78. The number of rotatable bonds is 2. The minimum absolute atomic E-state index is 0.0400. The zero-order valence-corrected chi connectivity index (χ0v) is 10.4. The average molecular weight is 242 g/mol. The monoisotopic (exact) mass is 242 g/mol. The number of nitrogens with two attached hydrogens (primary N) is 1. The Morgan fingerprint density at radius 3 is 3.11 bits per heavy atom. The van der Waals surface area contributed by atoms with E-state index in [-0.39, 0.29) is 6.04 Å². The van der Waals surface area contributed by atoms with Gasteiger partial charge in [0.1, 0.15) is 0 Å². The van der Waals surface area contributed by atoms with Crippen LogP contribution in [0.25, 0.3) is 10.8 Å². The fourth-order valence-corrected chi connectivity index (χ4v) is 2.73. The van der Waals surface area contributed by atoms with Crippen molar-refractivity contribution in [2.75, 3.05) is 13.2 Å². The molecule has 2 heterocycles. The van der Waals surface area contributed by atoms with Gasteiger partial charge in [0.25, 0.3) is 0 Å². The Balaban J connectivity index is 1.97. The molecule has 1 aromatic carbocycles. The van der Waals surface area contributed by atoms with E-state index in [9.17, 15) is 0 Å². The van der Waals surface area contributed by atoms with Gasteiger partial charge in [-0.2, -0.15) is 0 Å². The Kier molecular flexibility index (Phi) is 3.26. The Morgan fingerprint density at radius 2 is 2.28 bits per heavy atom. The van der Waals surface area contributed by atoms with Gasteiger partial charge in [-0.15, -0.1) is 0 Å². The number of aromatic nitrogens is 1. The summed E-state index contributed by atoms with van der Waals surface area (Å²) < 4.78 is 5.54. The minimum atomic E-state index is 0.0400. The SMILES string of the molecule is NC(c1cccc2ccncc12)C1CCCOC1. The van der Waals surface area contributed by atoms with E-state index in [0.29, 0.717) is 5.92 Å². The van der Waals surface area contributed by atoms with Crippen molar-refractivity contribution in [1.29, 1.82) is 0 Å². The van der Waals surface area contributed by atoms with E-state index in [1.54, 1.807) is 0 Å². The number of hydrogen-bond acceptors (Lipinski definition) is 3. The molecule has 18 heavy (non-hydrogen) atoms. The quantitative estimate of drug-likeness (QED) is 0.880. The molecule has 1 fully saturated rings. The zero-order valence-electron chi connectivity index (χ0n) is 10.4. The molecule has 2 N–H and O–H groups in total. The third-order valence-electron chi connectivity index (χ3n) is 3.78. The van der Waals surface area contributed by atoms with Gasteiger partial charge in [-0.1, -0.05) is 18.2 Å². The van der Waals surface area contributed by atoms with Gasteiger partial charge in [0.2, 0.25) is 0 Å². The first-order valence-electron chi connectivity index (χ1n) is 6.52. The Hall–Kier alpha value is -1.45. The highest BCUT2D eigenvalue weighted by Crippen LogP contribution is 2.30. The molecule has 2 aromatic rings. The average Bonchev–Trinajstić information content (AvgIpc) is 2.47. The lowest BCUT2D eigenvalue weighted by Gasteiger charge is -2.28. The maximum atomic E-state index is 6.43. The number of fused-ring (bicyclic) bond motifs is 1. The van der Waals surface area contributed by atoms with E-state index in [1.807, 2.05) is 18.5 Å². The van der Waals surface area contributed by atoms with Crippen LogP contribution in [0.15, 0.2) is 36.7 Å². The lowest BCUT2D eigenvalue weighted by atomic mass is 9.87. The summed E-state index contributed by atoms with van der Waals surface area (Å²) in [7, 11) is 0. The molecule has 3 rings (SSSR count). The van der Waals surface area contributed by atoms with Crippen LogP contribution in [0.2, 0.25) is 0 Å². The van der Waals surface area contributed by atoms with Crippen molar-refractivity contribution in [3.05, 3.63) is 42.2 Å². The predicted octanol–water partition coefficient (Wildman–Crippen LogP) is 2.66. The summed E-state index contributed by atoms with van der Waals surface area (Å²) in [4.78, 5) is 4.21. The van der Waals surface area contributed by atoms with E-state index in [2.05, 4.69) is 23.2 Å². The Bertz CT molecular complexity index is 530. The second kappa shape index (κ2) is 5.04. The normalized spacial score (nSPS) is 21.9. The molecule has 0 bridgehead atoms. The maximum Gasteiger partial charge on any atom is 0.0512 e. The summed E-state index contributed by atoms with van der Waals surface area (Å²) in [5, 5.41) is 2.37. The Morgan fingerprint density at radius 1 is 1.33 bits per heavy atom. The van der Waals surface area contributed by atoms with Crippen LogP contribution in [0.1, 0.15) is 24.4 Å². The summed E-state index contributed by atoms with van der Waals surface area (Å²) in [6.45, 7) is 1.65. The number of pyridine rings is 1. The summed E-state index contributed by atoms with van der Waals surface area (Å²) in [5.41, 5.74) is 7.62. The molecule has 3 heteroatoms. The van der Waals surface area contributed by atoms with Gasteiger partial charge in [0.05, 0.1) is 6.61 Å². The van der Waals surface area contributed by atoms with Crippen molar-refractivity contribution in [3.8, 4) is 0 Å². The first-order valence-corrected chi connectivity index (χ1v) is 6.52. The standard InChI is InChI=1S/C15H18N2O/c16-15(12-4-2-8-18-10-12)13-5-1-3-11-6-7-17-9-14(11)13/h1,3,5-7,9,12,15H,2,4,8,10,16H2. The van der Waals surface area contributed by atoms with Crippen LogP contribution in [0.4, 0.5) is 0 Å². The van der Waals surface area contributed by atoms with Crippen molar-refractivity contribution in [3.63, 3.8) is 0 Å². The highest BCUT2D eigenvalue weighted by Gasteiger charge is 2.23. The van der Waals surface area contributed by atoms with Crippen LogP contribution >= 0.6 is 0 Å². The van der Waals surface area contributed by atoms with Crippen LogP contribution in [0.5, 0.6) is 0 Å². The fraction of sp³-hybridized carbons (Fsp3) is 0.400. The Labute approximate surface area is 107 Å². The second-order valence-electron chi connectivity index (χ2n) is 4.95. The first kappa shape index (κ1) is 11.6. The van der Waals surface area contributed by atoms with Crippen molar-refractivity contribution in [1.82, 2.24) is 4.98 Å². The van der Waals surface area contributed by atoms with Crippen LogP contribution in [-0.2, 0) is 4.74 Å². The van der Waals surface area contributed by atoms with E-state index in [1.165, 1.54) is 10.9 Å². The second-order valence-corrected chi connectivity index (χ2v) is 4.95. The van der Waals surface area contributed by atoms with Crippen molar-refractivity contribution >= 4 is 10.8 Å². The van der Waals surface area contributed by atoms with Gasteiger partial charge in [-0.25, -0.2) is 0 Å². The highest BCUT2D eigenvalue weighted by molar-refractivity contribution is 5.85. The molecule has 94 valence electrons. The molecule has 2 unspecified atom stereocenters. The molecule has 0 spiro atoms. The number of ether oxygens (including phenoxy) is 1. The third kappa shape index (κ3) is 2.11. The molecular formula is C15H18N2O. The molecule has 0 saturated carbocycles. The van der Waals surface area contributed by atoms with Gasteiger partial charge in [0.15, 0.2) is 0 Å². The zero-order chi connectivity index (χ0) is 12.4. The van der Waals surface area contributed by atoms with Crippen molar-refractivity contribution < 1.29 is 4.74 Å². The summed E-state index contributed by atoms with van der Waals surface area (Å²) >= 11 is 0. The summed E-state index contributed by atoms with van der Waals surface area (Å²) in [6, 6.07) is 8.36. The van der Waals surface area contributed by atoms with E-state index < -0.39 is 0 Å². The topological polar surface area (TPSA) is 48.1 Å². The van der Waals surface area contributed by atoms with Crippen LogP contribution in [0.3, 0.4) is 0 Å². The molecule has 1 aliphatic rings. The van der Waals surface area contributed by atoms with E-state index >= 15 is 0 Å². The number of nitrogens with zero attached hydrogens (tertiary/aromatic N) is 1. The molecule has 1 aliphatic heterocycles.